The van der Waals surface area contributed by atoms with Crippen molar-refractivity contribution in [2.45, 2.75) is 79.1 Å². The Morgan fingerprint density at radius 2 is 0.765 bits per heavy atom. The molecule has 0 saturated heterocycles. The van der Waals surface area contributed by atoms with Gasteiger partial charge >= 0.3 is 0 Å². The van der Waals surface area contributed by atoms with Crippen molar-refractivity contribution in [1.82, 2.24) is 0 Å². The van der Waals surface area contributed by atoms with E-state index in [1.807, 2.05) is 12.4 Å². The standard InChI is InChI=1S/C32H40N2/c1-21(2)27-14-10-15-28(22(3)4)31(27)33-19-25-12-9-13-26(18-25)20-34-32-29(23(5)6)16-11-17-30(32)24(7)8/h9-24H,1-8H3. The first kappa shape index (κ1) is 25.6. The number of benzene rings is 3. The third kappa shape index (κ3) is 6.11. The van der Waals surface area contributed by atoms with E-state index in [4.69, 9.17) is 9.98 Å². The number of rotatable bonds is 8. The van der Waals surface area contributed by atoms with E-state index in [1.165, 1.54) is 22.3 Å². The van der Waals surface area contributed by atoms with Crippen LogP contribution in [-0.2, 0) is 0 Å². The molecule has 0 heterocycles. The number of hydrogen-bond acceptors (Lipinski definition) is 2. The van der Waals surface area contributed by atoms with Gasteiger partial charge in [-0.15, -0.1) is 0 Å². The molecule has 3 aromatic rings. The fourth-order valence-corrected chi connectivity index (χ4v) is 4.32. The predicted molar refractivity (Wildman–Crippen MR) is 150 cm³/mol. The lowest BCUT2D eigenvalue weighted by molar-refractivity contribution is 0.835. The number of hydrogen-bond donors (Lipinski definition) is 0. The molecule has 0 fully saturated rings. The molecule has 3 aromatic carbocycles. The van der Waals surface area contributed by atoms with E-state index in [2.05, 4.69) is 116 Å². The molecule has 3 rings (SSSR count). The van der Waals surface area contributed by atoms with E-state index >= 15 is 0 Å². The highest BCUT2D eigenvalue weighted by Gasteiger charge is 2.14. The summed E-state index contributed by atoms with van der Waals surface area (Å²) in [7, 11) is 0. The average Bonchev–Trinajstić information content (AvgIpc) is 2.80. The summed E-state index contributed by atoms with van der Waals surface area (Å²) in [4.78, 5) is 9.97. The molecule has 34 heavy (non-hydrogen) atoms. The summed E-state index contributed by atoms with van der Waals surface area (Å²) in [5, 5.41) is 0. The lowest BCUT2D eigenvalue weighted by Gasteiger charge is -2.16. The van der Waals surface area contributed by atoms with Crippen LogP contribution in [0, 0.1) is 0 Å². The van der Waals surface area contributed by atoms with Crippen molar-refractivity contribution in [3.05, 3.63) is 94.0 Å². The molecule has 2 heteroatoms. The molecule has 0 saturated carbocycles. The van der Waals surface area contributed by atoms with Crippen molar-refractivity contribution < 1.29 is 0 Å². The molecule has 0 bridgehead atoms. The second-order valence-electron chi connectivity index (χ2n) is 10.4. The zero-order valence-electron chi connectivity index (χ0n) is 22.1. The zero-order chi connectivity index (χ0) is 24.8. The second-order valence-corrected chi connectivity index (χ2v) is 10.4. The maximum absolute atomic E-state index is 4.98. The van der Waals surface area contributed by atoms with Crippen LogP contribution in [0.2, 0.25) is 0 Å². The highest BCUT2D eigenvalue weighted by Crippen LogP contribution is 2.35. The fraction of sp³-hybridized carbons (Fsp3) is 0.375. The van der Waals surface area contributed by atoms with Crippen molar-refractivity contribution in [2.24, 2.45) is 9.98 Å². The highest BCUT2D eigenvalue weighted by atomic mass is 14.7. The van der Waals surface area contributed by atoms with Gasteiger partial charge in [-0.1, -0.05) is 110 Å². The average molecular weight is 453 g/mol. The zero-order valence-corrected chi connectivity index (χ0v) is 22.1. The van der Waals surface area contributed by atoms with Gasteiger partial charge in [0.05, 0.1) is 11.4 Å². The summed E-state index contributed by atoms with van der Waals surface area (Å²) in [5.74, 6) is 1.72. The second kappa shape index (κ2) is 11.4. The molecule has 0 aromatic heterocycles. The van der Waals surface area contributed by atoms with Gasteiger partial charge in [-0.25, -0.2) is 0 Å². The molecule has 0 aliphatic carbocycles. The third-order valence-corrected chi connectivity index (χ3v) is 6.28. The van der Waals surface area contributed by atoms with Gasteiger partial charge in [0.2, 0.25) is 0 Å². The van der Waals surface area contributed by atoms with Crippen LogP contribution in [0.15, 0.2) is 70.6 Å². The molecule has 0 radical (unpaired) electrons. The topological polar surface area (TPSA) is 24.7 Å². The van der Waals surface area contributed by atoms with E-state index in [0.717, 1.165) is 22.5 Å². The van der Waals surface area contributed by atoms with Gasteiger partial charge in [0.25, 0.3) is 0 Å². The maximum Gasteiger partial charge on any atom is 0.0699 e. The van der Waals surface area contributed by atoms with Gasteiger partial charge in [0, 0.05) is 12.4 Å². The molecule has 0 aliphatic heterocycles. The SMILES string of the molecule is CC(C)c1cccc(C(C)C)c1N=Cc1cccc(C=Nc2c(C(C)C)cccc2C(C)C)c1. The smallest absolute Gasteiger partial charge is 0.0699 e. The van der Waals surface area contributed by atoms with Crippen LogP contribution in [0.3, 0.4) is 0 Å². The molecule has 0 N–H and O–H groups in total. The minimum Gasteiger partial charge on any atom is -0.256 e. The van der Waals surface area contributed by atoms with Gasteiger partial charge in [0.1, 0.15) is 0 Å². The van der Waals surface area contributed by atoms with E-state index in [-0.39, 0.29) is 0 Å². The van der Waals surface area contributed by atoms with Crippen molar-refractivity contribution >= 4 is 23.8 Å². The summed E-state index contributed by atoms with van der Waals surface area (Å²) in [6.07, 6.45) is 3.98. The Hall–Kier alpha value is -3.00. The van der Waals surface area contributed by atoms with Gasteiger partial charge in [-0.3, -0.25) is 9.98 Å². The molecule has 2 nitrogen and oxygen atoms in total. The Morgan fingerprint density at radius 1 is 0.471 bits per heavy atom. The predicted octanol–water partition coefficient (Wildman–Crippen LogP) is 9.68. The van der Waals surface area contributed by atoms with E-state index in [0.29, 0.717) is 23.7 Å². The summed E-state index contributed by atoms with van der Waals surface area (Å²) in [5.41, 5.74) is 9.58. The molecule has 0 unspecified atom stereocenters. The molecule has 0 aliphatic rings. The quantitative estimate of drug-likeness (QED) is 0.304. The molecule has 0 spiro atoms. The Morgan fingerprint density at radius 3 is 1.06 bits per heavy atom. The number of nitrogens with zero attached hydrogens (tertiary/aromatic N) is 2. The van der Waals surface area contributed by atoms with Crippen LogP contribution in [0.5, 0.6) is 0 Å². The van der Waals surface area contributed by atoms with E-state index in [1.54, 1.807) is 0 Å². The van der Waals surface area contributed by atoms with Gasteiger partial charge in [0.15, 0.2) is 0 Å². The van der Waals surface area contributed by atoms with Gasteiger partial charge < -0.3 is 0 Å². The van der Waals surface area contributed by atoms with E-state index in [9.17, 15) is 0 Å². The Kier molecular flexibility index (Phi) is 8.61. The van der Waals surface area contributed by atoms with Crippen molar-refractivity contribution in [2.75, 3.05) is 0 Å². The largest absolute Gasteiger partial charge is 0.256 e. The molecular formula is C32H40N2. The first-order valence-electron chi connectivity index (χ1n) is 12.6. The lowest BCUT2D eigenvalue weighted by atomic mass is 9.93. The van der Waals surface area contributed by atoms with Crippen molar-refractivity contribution in [3.8, 4) is 0 Å². The number of para-hydroxylation sites is 2. The molecule has 0 amide bonds. The lowest BCUT2D eigenvalue weighted by Crippen LogP contribution is -1.96. The Labute approximate surface area is 206 Å². The van der Waals surface area contributed by atoms with Crippen LogP contribution in [0.25, 0.3) is 0 Å². The maximum atomic E-state index is 4.98. The summed E-state index contributed by atoms with van der Waals surface area (Å²) in [6, 6.07) is 21.6. The van der Waals surface area contributed by atoms with Crippen LogP contribution >= 0.6 is 0 Å². The van der Waals surface area contributed by atoms with Crippen LogP contribution in [0.1, 0.15) is 112 Å². The Bertz CT molecular complexity index is 1020. The monoisotopic (exact) mass is 452 g/mol. The highest BCUT2D eigenvalue weighted by molar-refractivity contribution is 5.89. The summed E-state index contributed by atoms with van der Waals surface area (Å²) >= 11 is 0. The number of aliphatic imine (C=N–C) groups is 2. The molecule has 0 atom stereocenters. The van der Waals surface area contributed by atoms with Crippen LogP contribution in [-0.4, -0.2) is 12.4 Å². The normalized spacial score (nSPS) is 12.4. The van der Waals surface area contributed by atoms with Crippen LogP contribution in [0.4, 0.5) is 11.4 Å². The summed E-state index contributed by atoms with van der Waals surface area (Å²) in [6.45, 7) is 17.9. The first-order valence-corrected chi connectivity index (χ1v) is 12.6. The van der Waals surface area contributed by atoms with E-state index < -0.39 is 0 Å². The minimum absolute atomic E-state index is 0.431. The fourth-order valence-electron chi connectivity index (χ4n) is 4.32. The van der Waals surface area contributed by atoms with Crippen molar-refractivity contribution in [3.63, 3.8) is 0 Å². The molecular weight excluding hydrogens is 412 g/mol. The summed E-state index contributed by atoms with van der Waals surface area (Å²) < 4.78 is 0. The third-order valence-electron chi connectivity index (χ3n) is 6.28. The van der Waals surface area contributed by atoms with Gasteiger partial charge in [-0.2, -0.15) is 0 Å². The Balaban J connectivity index is 1.96. The van der Waals surface area contributed by atoms with Crippen LogP contribution < -0.4 is 0 Å². The van der Waals surface area contributed by atoms with Gasteiger partial charge in [-0.05, 0) is 63.1 Å². The van der Waals surface area contributed by atoms with Crippen molar-refractivity contribution in [1.29, 1.82) is 0 Å². The molecule has 178 valence electrons. The first-order chi connectivity index (χ1) is 16.2. The minimum atomic E-state index is 0.431.